The third kappa shape index (κ3) is 5.35. The number of phenols is 1. The van der Waals surface area contributed by atoms with E-state index in [0.29, 0.717) is 13.0 Å². The van der Waals surface area contributed by atoms with Crippen LogP contribution in [-0.2, 0) is 11.2 Å². The lowest BCUT2D eigenvalue weighted by atomic mass is 10.1. The minimum absolute atomic E-state index is 0.151. The second kappa shape index (κ2) is 8.84. The number of anilines is 1. The lowest BCUT2D eigenvalue weighted by Gasteiger charge is -2.05. The largest absolute Gasteiger partial charge is 0.508 e. The van der Waals surface area contributed by atoms with Crippen molar-refractivity contribution in [2.45, 2.75) is 6.42 Å². The molecule has 0 saturated carbocycles. The Kier molecular flexibility index (Phi) is 6.28. The zero-order chi connectivity index (χ0) is 18.9. The molecule has 0 radical (unpaired) electrons. The molecule has 0 aliphatic heterocycles. The van der Waals surface area contributed by atoms with Crippen LogP contribution in [0.3, 0.4) is 0 Å². The number of rotatable bonds is 7. The smallest absolute Gasteiger partial charge is 0.271 e. The van der Waals surface area contributed by atoms with Crippen molar-refractivity contribution < 1.29 is 14.8 Å². The Hall–Kier alpha value is -3.86. The van der Waals surface area contributed by atoms with E-state index in [1.165, 1.54) is 30.5 Å². The van der Waals surface area contributed by atoms with Gasteiger partial charge in [0.15, 0.2) is 0 Å². The molecule has 2 rings (SSSR count). The van der Waals surface area contributed by atoms with E-state index < -0.39 is 10.8 Å². The molecule has 0 aromatic heterocycles. The predicted octanol–water partition coefficient (Wildman–Crippen LogP) is 2.48. The topological polar surface area (TPSA) is 128 Å². The Bertz CT molecular complexity index is 870. The van der Waals surface area contributed by atoms with E-state index in [0.717, 1.165) is 5.56 Å². The molecule has 2 aromatic carbocycles. The molecule has 3 N–H and O–H groups in total. The van der Waals surface area contributed by atoms with E-state index >= 15 is 0 Å². The quantitative estimate of drug-likeness (QED) is 0.231. The highest BCUT2D eigenvalue weighted by atomic mass is 16.6. The van der Waals surface area contributed by atoms with E-state index in [2.05, 4.69) is 10.6 Å². The van der Waals surface area contributed by atoms with Crippen molar-refractivity contribution in [3.05, 3.63) is 76.0 Å². The number of carbonyl (C=O) groups is 1. The molecule has 0 unspecified atom stereocenters. The molecule has 0 bridgehead atoms. The van der Waals surface area contributed by atoms with Crippen LogP contribution in [0.25, 0.3) is 0 Å². The summed E-state index contributed by atoms with van der Waals surface area (Å²) in [5.74, 6) is -0.476. The maximum absolute atomic E-state index is 12.1. The number of hydrogen-bond donors (Lipinski definition) is 3. The molecule has 0 aliphatic carbocycles. The van der Waals surface area contributed by atoms with Crippen molar-refractivity contribution in [2.24, 2.45) is 0 Å². The number of non-ortho nitro benzene ring substituents is 1. The molecule has 0 atom stereocenters. The first kappa shape index (κ1) is 18.5. The predicted molar refractivity (Wildman–Crippen MR) is 95.2 cm³/mol. The number of benzene rings is 2. The number of phenolic OH excluding ortho intramolecular Hbond substituents is 1. The van der Waals surface area contributed by atoms with Gasteiger partial charge in [0.1, 0.15) is 17.4 Å². The van der Waals surface area contributed by atoms with Gasteiger partial charge in [0, 0.05) is 30.6 Å². The van der Waals surface area contributed by atoms with Gasteiger partial charge in [0.2, 0.25) is 0 Å². The summed E-state index contributed by atoms with van der Waals surface area (Å²) in [6.07, 6.45) is 1.94. The first-order valence-electron chi connectivity index (χ1n) is 7.67. The second-order valence-electron chi connectivity index (χ2n) is 5.30. The Balaban J connectivity index is 1.92. The van der Waals surface area contributed by atoms with Crippen LogP contribution in [0.1, 0.15) is 5.56 Å². The number of nitrogens with zero attached hydrogens (tertiary/aromatic N) is 2. The van der Waals surface area contributed by atoms with E-state index in [9.17, 15) is 20.0 Å². The summed E-state index contributed by atoms with van der Waals surface area (Å²) in [5.41, 5.74) is 0.914. The van der Waals surface area contributed by atoms with Crippen LogP contribution in [0.2, 0.25) is 0 Å². The standard InChI is InChI=1S/C18H16N4O4/c19-11-14(12-20-9-8-13-4-6-17(23)7-5-13)18(24)21-15-2-1-3-16(10-15)22(25)26/h1-7,10,12,20,23H,8-9H2,(H,21,24)/b14-12-. The van der Waals surface area contributed by atoms with Crippen molar-refractivity contribution in [1.82, 2.24) is 5.32 Å². The van der Waals surface area contributed by atoms with Crippen LogP contribution < -0.4 is 10.6 Å². The second-order valence-corrected chi connectivity index (χ2v) is 5.30. The number of hydrogen-bond acceptors (Lipinski definition) is 6. The van der Waals surface area contributed by atoms with Gasteiger partial charge in [0.25, 0.3) is 11.6 Å². The zero-order valence-electron chi connectivity index (χ0n) is 13.7. The molecule has 2 aromatic rings. The number of carbonyl (C=O) groups excluding carboxylic acids is 1. The fourth-order valence-corrected chi connectivity index (χ4v) is 2.10. The van der Waals surface area contributed by atoms with Crippen molar-refractivity contribution in [1.29, 1.82) is 5.26 Å². The molecule has 8 heteroatoms. The molecular weight excluding hydrogens is 336 g/mol. The van der Waals surface area contributed by atoms with Crippen molar-refractivity contribution in [2.75, 3.05) is 11.9 Å². The van der Waals surface area contributed by atoms with Crippen LogP contribution in [0.4, 0.5) is 11.4 Å². The summed E-state index contributed by atoms with van der Waals surface area (Å²) in [6, 6.07) is 14.0. The molecule has 1 amide bonds. The lowest BCUT2D eigenvalue weighted by Crippen LogP contribution is -2.18. The third-order valence-corrected chi connectivity index (χ3v) is 3.42. The van der Waals surface area contributed by atoms with Crippen LogP contribution in [0.5, 0.6) is 5.75 Å². The minimum atomic E-state index is -0.662. The third-order valence-electron chi connectivity index (χ3n) is 3.42. The van der Waals surface area contributed by atoms with Gasteiger partial charge in [-0.2, -0.15) is 5.26 Å². The summed E-state index contributed by atoms with van der Waals surface area (Å²) in [6.45, 7) is 0.486. The first-order chi connectivity index (χ1) is 12.5. The normalized spacial score (nSPS) is 10.7. The number of aromatic hydroxyl groups is 1. The number of nitro benzene ring substituents is 1. The fraction of sp³-hybridized carbons (Fsp3) is 0.111. The maximum atomic E-state index is 12.1. The van der Waals surface area contributed by atoms with Crippen molar-refractivity contribution in [3.8, 4) is 11.8 Å². The van der Waals surface area contributed by atoms with E-state index in [4.69, 9.17) is 5.26 Å². The van der Waals surface area contributed by atoms with Gasteiger partial charge >= 0.3 is 0 Å². The van der Waals surface area contributed by atoms with Crippen LogP contribution in [0.15, 0.2) is 60.3 Å². The SMILES string of the molecule is N#C/C(=C/NCCc1ccc(O)cc1)C(=O)Nc1cccc([N+](=O)[O-])c1. The maximum Gasteiger partial charge on any atom is 0.271 e. The highest BCUT2D eigenvalue weighted by Gasteiger charge is 2.11. The number of nitrogens with one attached hydrogen (secondary N) is 2. The summed E-state index contributed by atoms with van der Waals surface area (Å²) >= 11 is 0. The average molecular weight is 352 g/mol. The first-order valence-corrected chi connectivity index (χ1v) is 7.67. The summed E-state index contributed by atoms with van der Waals surface area (Å²) in [5, 5.41) is 34.4. The molecule has 132 valence electrons. The van der Waals surface area contributed by atoms with Crippen LogP contribution in [-0.4, -0.2) is 22.5 Å². The Morgan fingerprint density at radius 1 is 1.27 bits per heavy atom. The van der Waals surface area contributed by atoms with Gasteiger partial charge < -0.3 is 15.7 Å². The number of nitriles is 1. The van der Waals surface area contributed by atoms with Gasteiger partial charge in [-0.1, -0.05) is 18.2 Å². The Morgan fingerprint density at radius 2 is 2.00 bits per heavy atom. The molecule has 26 heavy (non-hydrogen) atoms. The molecule has 0 fully saturated rings. The highest BCUT2D eigenvalue weighted by Crippen LogP contribution is 2.17. The molecule has 0 spiro atoms. The molecular formula is C18H16N4O4. The van der Waals surface area contributed by atoms with E-state index in [1.54, 1.807) is 30.3 Å². The van der Waals surface area contributed by atoms with Gasteiger partial charge in [0.05, 0.1) is 4.92 Å². The molecule has 0 aliphatic rings. The highest BCUT2D eigenvalue weighted by molar-refractivity contribution is 6.06. The average Bonchev–Trinajstić information content (AvgIpc) is 2.63. The fourth-order valence-electron chi connectivity index (χ4n) is 2.10. The summed E-state index contributed by atoms with van der Waals surface area (Å²) in [4.78, 5) is 22.3. The van der Waals surface area contributed by atoms with Gasteiger partial charge in [-0.25, -0.2) is 0 Å². The van der Waals surface area contributed by atoms with E-state index in [1.807, 2.05) is 0 Å². The lowest BCUT2D eigenvalue weighted by molar-refractivity contribution is -0.384. The van der Waals surface area contributed by atoms with Crippen molar-refractivity contribution in [3.63, 3.8) is 0 Å². The van der Waals surface area contributed by atoms with Crippen LogP contribution >= 0.6 is 0 Å². The van der Waals surface area contributed by atoms with Gasteiger partial charge in [-0.15, -0.1) is 0 Å². The Labute approximate surface area is 149 Å². The number of amides is 1. The molecule has 0 heterocycles. The summed E-state index contributed by atoms with van der Waals surface area (Å²) < 4.78 is 0. The van der Waals surface area contributed by atoms with E-state index in [-0.39, 0.29) is 22.7 Å². The zero-order valence-corrected chi connectivity index (χ0v) is 13.7. The summed E-state index contributed by atoms with van der Waals surface area (Å²) in [7, 11) is 0. The number of nitro groups is 1. The van der Waals surface area contributed by atoms with Gasteiger partial charge in [-0.05, 0) is 30.2 Å². The molecule has 8 nitrogen and oxygen atoms in total. The molecule has 0 saturated heterocycles. The monoisotopic (exact) mass is 352 g/mol. The van der Waals surface area contributed by atoms with Crippen LogP contribution in [0, 0.1) is 21.4 Å². The minimum Gasteiger partial charge on any atom is -0.508 e. The Morgan fingerprint density at radius 3 is 2.65 bits per heavy atom. The van der Waals surface area contributed by atoms with Gasteiger partial charge in [-0.3, -0.25) is 14.9 Å². The van der Waals surface area contributed by atoms with Crippen molar-refractivity contribution >= 4 is 17.3 Å².